The van der Waals surface area contributed by atoms with E-state index >= 15 is 0 Å². The van der Waals surface area contributed by atoms with Gasteiger partial charge in [0.1, 0.15) is 17.0 Å². The number of thiazole rings is 1. The number of hydrogen-bond acceptors (Lipinski definition) is 8. The Morgan fingerprint density at radius 3 is 2.85 bits per heavy atom. The van der Waals surface area contributed by atoms with Crippen LogP contribution in [0.5, 0.6) is 5.75 Å². The first kappa shape index (κ1) is 16.3. The molecule has 26 heavy (non-hydrogen) atoms. The Morgan fingerprint density at radius 1 is 1.19 bits per heavy atom. The molecule has 0 radical (unpaired) electrons. The minimum atomic E-state index is 0.342. The van der Waals surface area contributed by atoms with E-state index in [-0.39, 0.29) is 0 Å². The Kier molecular flexibility index (Phi) is 4.18. The summed E-state index contributed by atoms with van der Waals surface area (Å²) in [5, 5.41) is 3.93. The van der Waals surface area contributed by atoms with Gasteiger partial charge < -0.3 is 20.2 Å². The van der Waals surface area contributed by atoms with Crippen LogP contribution in [0.15, 0.2) is 40.8 Å². The van der Waals surface area contributed by atoms with Crippen molar-refractivity contribution in [3.05, 3.63) is 47.7 Å². The first-order chi connectivity index (χ1) is 12.6. The second-order valence-electron chi connectivity index (χ2n) is 5.72. The van der Waals surface area contributed by atoms with Crippen molar-refractivity contribution in [2.75, 3.05) is 18.2 Å². The van der Waals surface area contributed by atoms with Crippen LogP contribution in [0.1, 0.15) is 11.3 Å². The van der Waals surface area contributed by atoms with Crippen LogP contribution >= 0.6 is 11.3 Å². The number of anilines is 2. The van der Waals surface area contributed by atoms with Crippen molar-refractivity contribution in [3.63, 3.8) is 0 Å². The molecule has 7 nitrogen and oxygen atoms in total. The highest BCUT2D eigenvalue weighted by atomic mass is 32.1. The molecule has 4 aromatic rings. The second kappa shape index (κ2) is 6.64. The molecular formula is C18H17N5O2S. The van der Waals surface area contributed by atoms with E-state index in [1.807, 2.05) is 43.3 Å². The number of furan rings is 1. The minimum absolute atomic E-state index is 0.342. The first-order valence-electron chi connectivity index (χ1n) is 8.00. The molecule has 4 rings (SSSR count). The zero-order valence-electron chi connectivity index (χ0n) is 14.3. The Morgan fingerprint density at radius 2 is 2.08 bits per heavy atom. The number of nitrogens with one attached hydrogen (secondary N) is 1. The molecule has 1 aromatic carbocycles. The normalized spacial score (nSPS) is 11.0. The third kappa shape index (κ3) is 3.18. The summed E-state index contributed by atoms with van der Waals surface area (Å²) in [5.74, 6) is 3.15. The molecule has 0 amide bonds. The summed E-state index contributed by atoms with van der Waals surface area (Å²) in [6.45, 7) is 2.46. The third-order valence-corrected chi connectivity index (χ3v) is 4.79. The summed E-state index contributed by atoms with van der Waals surface area (Å²) in [5.41, 5.74) is 7.72. The Hall–Kier alpha value is -3.13. The van der Waals surface area contributed by atoms with Crippen LogP contribution in [0.4, 0.5) is 11.8 Å². The fraction of sp³-hybridized carbons (Fsp3) is 0.167. The van der Waals surface area contributed by atoms with E-state index in [1.165, 1.54) is 11.3 Å². The van der Waals surface area contributed by atoms with Crippen molar-refractivity contribution in [1.82, 2.24) is 15.0 Å². The topological polar surface area (TPSA) is 99.1 Å². The van der Waals surface area contributed by atoms with Gasteiger partial charge in [0.15, 0.2) is 21.4 Å². The van der Waals surface area contributed by atoms with Crippen molar-refractivity contribution in [3.8, 4) is 16.5 Å². The van der Waals surface area contributed by atoms with E-state index in [0.29, 0.717) is 29.6 Å². The van der Waals surface area contributed by atoms with Gasteiger partial charge in [-0.3, -0.25) is 0 Å². The van der Waals surface area contributed by atoms with Crippen LogP contribution in [0.3, 0.4) is 0 Å². The van der Waals surface area contributed by atoms with E-state index in [2.05, 4.69) is 20.3 Å². The van der Waals surface area contributed by atoms with Gasteiger partial charge in [0, 0.05) is 6.54 Å². The van der Waals surface area contributed by atoms with E-state index < -0.39 is 0 Å². The molecule has 0 bridgehead atoms. The predicted molar refractivity (Wildman–Crippen MR) is 102 cm³/mol. The van der Waals surface area contributed by atoms with Gasteiger partial charge in [-0.05, 0) is 36.8 Å². The standard InChI is InChI=1S/C18H17N5O2S/c1-10-6-7-13(25-10)16-21-14-15(19)22-18(23-17(14)26-16)20-9-11-4-3-5-12(8-11)24-2/h3-8H,9H2,1-2H3,(H3,19,20,22,23). The minimum Gasteiger partial charge on any atom is -0.497 e. The van der Waals surface area contributed by atoms with Gasteiger partial charge in [0.05, 0.1) is 7.11 Å². The van der Waals surface area contributed by atoms with Crippen LogP contribution in [-0.4, -0.2) is 22.1 Å². The molecule has 0 saturated carbocycles. The maximum atomic E-state index is 6.07. The Labute approximate surface area is 153 Å². The molecule has 3 N–H and O–H groups in total. The average Bonchev–Trinajstić information content (AvgIpc) is 3.26. The Balaban J connectivity index is 1.60. The van der Waals surface area contributed by atoms with E-state index in [4.69, 9.17) is 14.9 Å². The number of ether oxygens (including phenoxy) is 1. The van der Waals surface area contributed by atoms with Gasteiger partial charge in [-0.2, -0.15) is 4.98 Å². The van der Waals surface area contributed by atoms with Crippen LogP contribution in [0, 0.1) is 6.92 Å². The van der Waals surface area contributed by atoms with E-state index in [1.54, 1.807) is 7.11 Å². The first-order valence-corrected chi connectivity index (χ1v) is 8.81. The molecule has 0 aliphatic rings. The maximum absolute atomic E-state index is 6.07. The monoisotopic (exact) mass is 367 g/mol. The number of nitrogens with two attached hydrogens (primary N) is 1. The number of hydrogen-bond donors (Lipinski definition) is 2. The summed E-state index contributed by atoms with van der Waals surface area (Å²) in [7, 11) is 1.65. The number of nitrogen functional groups attached to an aromatic ring is 1. The molecule has 0 fully saturated rings. The lowest BCUT2D eigenvalue weighted by atomic mass is 10.2. The fourth-order valence-corrected chi connectivity index (χ4v) is 3.45. The number of fused-ring (bicyclic) bond motifs is 1. The van der Waals surface area contributed by atoms with Crippen LogP contribution in [-0.2, 0) is 6.54 Å². The molecule has 3 aromatic heterocycles. The van der Waals surface area contributed by atoms with Gasteiger partial charge in [0.2, 0.25) is 5.95 Å². The lowest BCUT2D eigenvalue weighted by Crippen LogP contribution is -2.05. The molecule has 3 heterocycles. The predicted octanol–water partition coefficient (Wildman–Crippen LogP) is 3.86. The van der Waals surface area contributed by atoms with Crippen molar-refractivity contribution in [1.29, 1.82) is 0 Å². The molecular weight excluding hydrogens is 350 g/mol. The van der Waals surface area contributed by atoms with Crippen LogP contribution in [0.25, 0.3) is 21.1 Å². The van der Waals surface area contributed by atoms with Crippen molar-refractivity contribution in [2.45, 2.75) is 13.5 Å². The highest BCUT2D eigenvalue weighted by molar-refractivity contribution is 7.21. The van der Waals surface area contributed by atoms with Gasteiger partial charge in [-0.25, -0.2) is 9.97 Å². The highest BCUT2D eigenvalue weighted by Crippen LogP contribution is 2.32. The lowest BCUT2D eigenvalue weighted by Gasteiger charge is -2.07. The molecule has 132 valence electrons. The Bertz CT molecular complexity index is 1070. The van der Waals surface area contributed by atoms with Gasteiger partial charge >= 0.3 is 0 Å². The van der Waals surface area contributed by atoms with Crippen LogP contribution < -0.4 is 15.8 Å². The van der Waals surface area contributed by atoms with Crippen molar-refractivity contribution >= 4 is 33.5 Å². The van der Waals surface area contributed by atoms with Gasteiger partial charge in [0.25, 0.3) is 0 Å². The number of nitrogens with zero attached hydrogens (tertiary/aromatic N) is 3. The highest BCUT2D eigenvalue weighted by Gasteiger charge is 2.14. The molecule has 0 saturated heterocycles. The summed E-state index contributed by atoms with van der Waals surface area (Å²) in [6, 6.07) is 11.6. The molecule has 0 unspecified atom stereocenters. The number of benzene rings is 1. The number of aryl methyl sites for hydroxylation is 1. The van der Waals surface area contributed by atoms with E-state index in [9.17, 15) is 0 Å². The smallest absolute Gasteiger partial charge is 0.226 e. The molecule has 0 atom stereocenters. The number of aromatic nitrogens is 3. The molecule has 8 heteroatoms. The SMILES string of the molecule is COc1cccc(CNc2nc(N)c3nc(-c4ccc(C)o4)sc3n2)c1. The lowest BCUT2D eigenvalue weighted by molar-refractivity contribution is 0.414. The summed E-state index contributed by atoms with van der Waals surface area (Å²) in [4.78, 5) is 14.1. The van der Waals surface area contributed by atoms with Gasteiger partial charge in [-0.1, -0.05) is 23.5 Å². The molecule has 0 aliphatic heterocycles. The van der Waals surface area contributed by atoms with Crippen molar-refractivity contribution < 1.29 is 9.15 Å². The summed E-state index contributed by atoms with van der Waals surface area (Å²) >= 11 is 1.42. The number of methoxy groups -OCH3 is 1. The quantitative estimate of drug-likeness (QED) is 0.552. The summed E-state index contributed by atoms with van der Waals surface area (Å²) < 4.78 is 10.9. The second-order valence-corrected chi connectivity index (χ2v) is 6.70. The zero-order chi connectivity index (χ0) is 18.1. The zero-order valence-corrected chi connectivity index (χ0v) is 15.1. The fourth-order valence-electron chi connectivity index (χ4n) is 2.54. The molecule has 0 spiro atoms. The maximum Gasteiger partial charge on any atom is 0.226 e. The van der Waals surface area contributed by atoms with Crippen molar-refractivity contribution in [2.24, 2.45) is 0 Å². The number of rotatable bonds is 5. The van der Waals surface area contributed by atoms with Gasteiger partial charge in [-0.15, -0.1) is 0 Å². The largest absolute Gasteiger partial charge is 0.497 e. The summed E-state index contributed by atoms with van der Waals surface area (Å²) in [6.07, 6.45) is 0. The average molecular weight is 367 g/mol. The van der Waals surface area contributed by atoms with E-state index in [0.717, 1.165) is 26.9 Å². The third-order valence-electron chi connectivity index (χ3n) is 3.82. The molecule has 0 aliphatic carbocycles. The van der Waals surface area contributed by atoms with Crippen LogP contribution in [0.2, 0.25) is 0 Å².